The molecule has 1 aromatic rings. The summed E-state index contributed by atoms with van der Waals surface area (Å²) in [6.45, 7) is 2.86. The third kappa shape index (κ3) is 2.78. The molecule has 2 rings (SSSR count). The van der Waals surface area contributed by atoms with Crippen molar-refractivity contribution in [1.82, 2.24) is 0 Å². The molecule has 17 heavy (non-hydrogen) atoms. The van der Waals surface area contributed by atoms with Crippen molar-refractivity contribution in [3.63, 3.8) is 0 Å². The largest absolute Gasteiger partial charge is 0.378 e. The molecule has 1 aliphatic carbocycles. The first kappa shape index (κ1) is 13.2. The van der Waals surface area contributed by atoms with Crippen LogP contribution in [0.4, 0.5) is 5.69 Å². The van der Waals surface area contributed by atoms with Crippen LogP contribution in [-0.4, -0.2) is 12.1 Å². The summed E-state index contributed by atoms with van der Waals surface area (Å²) in [5.41, 5.74) is 7.06. The summed E-state index contributed by atoms with van der Waals surface area (Å²) in [6.07, 6.45) is 3.60. The van der Waals surface area contributed by atoms with Gasteiger partial charge in [0.25, 0.3) is 0 Å². The minimum atomic E-state index is 0.0388. The van der Waals surface area contributed by atoms with Gasteiger partial charge in [0.2, 0.25) is 0 Å². The molecule has 0 amide bonds. The van der Waals surface area contributed by atoms with Crippen LogP contribution in [-0.2, 0) is 0 Å². The predicted molar refractivity (Wildman–Crippen MR) is 77.6 cm³/mol. The predicted octanol–water partition coefficient (Wildman–Crippen LogP) is 4.03. The maximum absolute atomic E-state index is 6.11. The average Bonchev–Trinajstić information content (AvgIpc) is 3.15. The van der Waals surface area contributed by atoms with E-state index in [1.807, 2.05) is 18.2 Å². The van der Waals surface area contributed by atoms with Gasteiger partial charge in [-0.2, -0.15) is 0 Å². The van der Waals surface area contributed by atoms with Gasteiger partial charge in [-0.25, -0.2) is 0 Å². The number of hydrogen-bond acceptors (Lipinski definition) is 2. The molecule has 0 spiro atoms. The smallest absolute Gasteiger partial charge is 0.0568 e. The van der Waals surface area contributed by atoms with E-state index in [4.69, 9.17) is 17.3 Å². The van der Waals surface area contributed by atoms with Crippen LogP contribution in [0.1, 0.15) is 26.2 Å². The molecular formula is C13H18BrClN2. The van der Waals surface area contributed by atoms with Crippen LogP contribution in [0.2, 0.25) is 5.02 Å². The molecule has 0 aliphatic heterocycles. The van der Waals surface area contributed by atoms with Gasteiger partial charge in [0.15, 0.2) is 0 Å². The molecular weight excluding hydrogens is 300 g/mol. The van der Waals surface area contributed by atoms with E-state index in [1.54, 1.807) is 0 Å². The Balaban J connectivity index is 2.19. The maximum Gasteiger partial charge on any atom is 0.0568 e. The Labute approximate surface area is 116 Å². The number of nitrogens with two attached hydrogens (primary N) is 1. The molecule has 1 aliphatic rings. The lowest BCUT2D eigenvalue weighted by Crippen LogP contribution is -2.47. The maximum atomic E-state index is 6.11. The SMILES string of the molecule is CCC(CN)(Nc1ccc(Br)c(Cl)c1)C1CC1. The minimum absolute atomic E-state index is 0.0388. The molecule has 0 heterocycles. The molecule has 1 atom stereocenters. The van der Waals surface area contributed by atoms with E-state index in [-0.39, 0.29) is 5.54 Å². The van der Waals surface area contributed by atoms with E-state index in [9.17, 15) is 0 Å². The van der Waals surface area contributed by atoms with Gasteiger partial charge in [0, 0.05) is 16.7 Å². The molecule has 1 aromatic carbocycles. The van der Waals surface area contributed by atoms with Crippen molar-refractivity contribution in [3.8, 4) is 0 Å². The van der Waals surface area contributed by atoms with Gasteiger partial charge in [-0.15, -0.1) is 0 Å². The quantitative estimate of drug-likeness (QED) is 0.860. The van der Waals surface area contributed by atoms with Gasteiger partial charge in [0.05, 0.1) is 10.6 Å². The van der Waals surface area contributed by atoms with Gasteiger partial charge in [0.1, 0.15) is 0 Å². The molecule has 1 fully saturated rings. The Morgan fingerprint density at radius 3 is 2.71 bits per heavy atom. The van der Waals surface area contributed by atoms with Gasteiger partial charge in [-0.05, 0) is 59.3 Å². The van der Waals surface area contributed by atoms with Crippen molar-refractivity contribution in [2.75, 3.05) is 11.9 Å². The summed E-state index contributed by atoms with van der Waals surface area (Å²) in [6, 6.07) is 5.96. The molecule has 0 aromatic heterocycles. The van der Waals surface area contributed by atoms with Crippen molar-refractivity contribution < 1.29 is 0 Å². The highest BCUT2D eigenvalue weighted by Gasteiger charge is 2.42. The number of halogens is 2. The van der Waals surface area contributed by atoms with Crippen molar-refractivity contribution in [2.45, 2.75) is 31.7 Å². The fourth-order valence-corrected chi connectivity index (χ4v) is 2.77. The molecule has 94 valence electrons. The van der Waals surface area contributed by atoms with Crippen LogP contribution < -0.4 is 11.1 Å². The first-order valence-electron chi connectivity index (χ1n) is 6.04. The lowest BCUT2D eigenvalue weighted by atomic mass is 9.89. The topological polar surface area (TPSA) is 38.0 Å². The number of nitrogens with one attached hydrogen (secondary N) is 1. The summed E-state index contributed by atoms with van der Waals surface area (Å²) in [5, 5.41) is 4.32. The first-order valence-corrected chi connectivity index (χ1v) is 7.21. The lowest BCUT2D eigenvalue weighted by Gasteiger charge is -2.34. The van der Waals surface area contributed by atoms with E-state index in [0.717, 1.165) is 21.6 Å². The zero-order chi connectivity index (χ0) is 12.5. The Kier molecular flexibility index (Phi) is 4.01. The van der Waals surface area contributed by atoms with E-state index < -0.39 is 0 Å². The van der Waals surface area contributed by atoms with Gasteiger partial charge in [-0.3, -0.25) is 0 Å². The Morgan fingerprint density at radius 1 is 1.53 bits per heavy atom. The molecule has 1 unspecified atom stereocenters. The minimum Gasteiger partial charge on any atom is -0.378 e. The monoisotopic (exact) mass is 316 g/mol. The second-order valence-corrected chi connectivity index (χ2v) is 6.00. The highest BCUT2D eigenvalue weighted by Crippen LogP contribution is 2.43. The second kappa shape index (κ2) is 5.17. The fraction of sp³-hybridized carbons (Fsp3) is 0.538. The van der Waals surface area contributed by atoms with Gasteiger partial charge < -0.3 is 11.1 Å². The van der Waals surface area contributed by atoms with Gasteiger partial charge >= 0.3 is 0 Å². The highest BCUT2D eigenvalue weighted by molar-refractivity contribution is 9.10. The summed E-state index contributed by atoms with van der Waals surface area (Å²) < 4.78 is 0.922. The number of anilines is 1. The highest BCUT2D eigenvalue weighted by atomic mass is 79.9. The molecule has 0 saturated heterocycles. The summed E-state index contributed by atoms with van der Waals surface area (Å²) >= 11 is 9.51. The van der Waals surface area contributed by atoms with Crippen LogP contribution in [0, 0.1) is 5.92 Å². The van der Waals surface area contributed by atoms with Crippen LogP contribution >= 0.6 is 27.5 Å². The molecule has 2 nitrogen and oxygen atoms in total. The number of rotatable bonds is 5. The third-order valence-electron chi connectivity index (χ3n) is 3.67. The first-order chi connectivity index (χ1) is 8.11. The standard InChI is InChI=1S/C13H18BrClN2/c1-2-13(8-16,9-3-4-9)17-10-5-6-11(14)12(15)7-10/h5-7,9,17H,2-4,8,16H2,1H3. The molecule has 4 heteroatoms. The summed E-state index contributed by atoms with van der Waals surface area (Å²) in [7, 11) is 0. The van der Waals surface area contributed by atoms with E-state index in [1.165, 1.54) is 12.8 Å². The van der Waals surface area contributed by atoms with Crippen LogP contribution in [0.15, 0.2) is 22.7 Å². The normalized spacial score (nSPS) is 18.8. The van der Waals surface area contributed by atoms with Gasteiger partial charge in [-0.1, -0.05) is 18.5 Å². The zero-order valence-electron chi connectivity index (χ0n) is 9.97. The van der Waals surface area contributed by atoms with E-state index in [0.29, 0.717) is 12.5 Å². The van der Waals surface area contributed by atoms with Crippen LogP contribution in [0.5, 0.6) is 0 Å². The Bertz CT molecular complexity index is 400. The fourth-order valence-electron chi connectivity index (χ4n) is 2.34. The number of hydrogen-bond donors (Lipinski definition) is 2. The van der Waals surface area contributed by atoms with Crippen molar-refractivity contribution in [1.29, 1.82) is 0 Å². The molecule has 0 radical (unpaired) electrons. The average molecular weight is 318 g/mol. The van der Waals surface area contributed by atoms with Crippen molar-refractivity contribution >= 4 is 33.2 Å². The van der Waals surface area contributed by atoms with Crippen LogP contribution in [0.3, 0.4) is 0 Å². The van der Waals surface area contributed by atoms with E-state index in [2.05, 4.69) is 28.2 Å². The van der Waals surface area contributed by atoms with Crippen molar-refractivity contribution in [2.24, 2.45) is 11.7 Å². The van der Waals surface area contributed by atoms with E-state index >= 15 is 0 Å². The number of benzene rings is 1. The third-order valence-corrected chi connectivity index (χ3v) is 4.90. The summed E-state index contributed by atoms with van der Waals surface area (Å²) in [4.78, 5) is 0. The lowest BCUT2D eigenvalue weighted by molar-refractivity contribution is 0.404. The Morgan fingerprint density at radius 2 is 2.24 bits per heavy atom. The molecule has 1 saturated carbocycles. The molecule has 0 bridgehead atoms. The second-order valence-electron chi connectivity index (χ2n) is 4.74. The van der Waals surface area contributed by atoms with Crippen LogP contribution in [0.25, 0.3) is 0 Å². The zero-order valence-corrected chi connectivity index (χ0v) is 12.3. The summed E-state index contributed by atoms with van der Waals surface area (Å²) in [5.74, 6) is 0.708. The Hall–Kier alpha value is -0.250. The van der Waals surface area contributed by atoms with Crippen molar-refractivity contribution in [3.05, 3.63) is 27.7 Å². The molecule has 3 N–H and O–H groups in total.